The Bertz CT molecular complexity index is 1090. The topological polar surface area (TPSA) is 76.9 Å². The summed E-state index contributed by atoms with van der Waals surface area (Å²) in [4.78, 5) is 27.7. The van der Waals surface area contributed by atoms with Crippen LogP contribution in [-0.2, 0) is 17.5 Å². The summed E-state index contributed by atoms with van der Waals surface area (Å²) in [7, 11) is 0. The minimum absolute atomic E-state index is 0.134. The minimum Gasteiger partial charge on any atom is -0.306 e. The summed E-state index contributed by atoms with van der Waals surface area (Å²) < 4.78 is 39.2. The van der Waals surface area contributed by atoms with Crippen LogP contribution in [0.25, 0.3) is 6.08 Å². The molecule has 0 saturated carbocycles. The smallest absolute Gasteiger partial charge is 0.306 e. The molecule has 154 valence electrons. The Hall–Kier alpha value is -3.75. The molecule has 3 rings (SSSR count). The number of halogens is 3. The summed E-state index contributed by atoms with van der Waals surface area (Å²) in [5, 5.41) is 6.79. The van der Waals surface area contributed by atoms with E-state index in [0.29, 0.717) is 29.3 Å². The van der Waals surface area contributed by atoms with Crippen LogP contribution in [0.1, 0.15) is 34.2 Å². The number of amides is 1. The van der Waals surface area contributed by atoms with Gasteiger partial charge >= 0.3 is 6.18 Å². The van der Waals surface area contributed by atoms with Crippen molar-refractivity contribution >= 4 is 23.6 Å². The second-order valence-corrected chi connectivity index (χ2v) is 6.41. The zero-order valence-electron chi connectivity index (χ0n) is 15.8. The van der Waals surface area contributed by atoms with Crippen molar-refractivity contribution < 1.29 is 22.8 Å². The fourth-order valence-electron chi connectivity index (χ4n) is 2.57. The number of pyridine rings is 1. The summed E-state index contributed by atoms with van der Waals surface area (Å²) >= 11 is 0. The van der Waals surface area contributed by atoms with Crippen LogP contribution in [0.15, 0.2) is 60.8 Å². The number of benzene rings is 1. The molecule has 0 radical (unpaired) electrons. The van der Waals surface area contributed by atoms with E-state index < -0.39 is 17.6 Å². The lowest BCUT2D eigenvalue weighted by Crippen LogP contribution is -2.10. The van der Waals surface area contributed by atoms with Crippen LogP contribution >= 0.6 is 0 Å². The second kappa shape index (κ2) is 8.73. The molecule has 0 aliphatic rings. The molecular formula is C21H17F3N4O2. The number of nitrogens with one attached hydrogen (secondary N) is 1. The number of hydrogen-bond acceptors (Lipinski definition) is 4. The van der Waals surface area contributed by atoms with Crippen molar-refractivity contribution in [1.29, 1.82) is 0 Å². The molecule has 9 heteroatoms. The minimum atomic E-state index is -4.40. The average molecular weight is 414 g/mol. The maximum Gasteiger partial charge on any atom is 0.416 e. The highest BCUT2D eigenvalue weighted by Crippen LogP contribution is 2.29. The Kier molecular flexibility index (Phi) is 6.10. The van der Waals surface area contributed by atoms with Crippen molar-refractivity contribution in [2.45, 2.75) is 19.6 Å². The van der Waals surface area contributed by atoms with E-state index in [-0.39, 0.29) is 5.78 Å². The number of carbonyl (C=O) groups is 2. The average Bonchev–Trinajstić information content (AvgIpc) is 3.13. The van der Waals surface area contributed by atoms with Gasteiger partial charge in [0.1, 0.15) is 5.69 Å². The van der Waals surface area contributed by atoms with E-state index in [2.05, 4.69) is 15.4 Å². The largest absolute Gasteiger partial charge is 0.416 e. The number of anilines is 1. The molecule has 0 saturated heterocycles. The summed E-state index contributed by atoms with van der Waals surface area (Å²) in [6.07, 6.45) is -0.137. The van der Waals surface area contributed by atoms with Gasteiger partial charge in [0.2, 0.25) is 5.91 Å². The van der Waals surface area contributed by atoms with E-state index in [1.807, 2.05) is 0 Å². The van der Waals surface area contributed by atoms with E-state index in [9.17, 15) is 22.8 Å². The highest BCUT2D eigenvalue weighted by molar-refractivity contribution is 6.01. The van der Waals surface area contributed by atoms with Gasteiger partial charge in [-0.25, -0.2) is 4.98 Å². The van der Waals surface area contributed by atoms with Crippen LogP contribution < -0.4 is 5.32 Å². The van der Waals surface area contributed by atoms with Gasteiger partial charge in [-0.15, -0.1) is 0 Å². The predicted octanol–water partition coefficient (Wildman–Crippen LogP) is 4.20. The number of alkyl halides is 3. The van der Waals surface area contributed by atoms with Crippen molar-refractivity contribution in [3.8, 4) is 0 Å². The quantitative estimate of drug-likeness (QED) is 0.485. The maximum atomic E-state index is 12.6. The zero-order valence-corrected chi connectivity index (χ0v) is 15.8. The molecule has 0 unspecified atom stereocenters. The summed E-state index contributed by atoms with van der Waals surface area (Å²) in [6.45, 7) is 1.75. The first-order chi connectivity index (χ1) is 14.2. The molecule has 1 aromatic carbocycles. The highest BCUT2D eigenvalue weighted by atomic mass is 19.4. The van der Waals surface area contributed by atoms with E-state index in [1.165, 1.54) is 31.2 Å². The van der Waals surface area contributed by atoms with Crippen molar-refractivity contribution in [2.75, 3.05) is 5.32 Å². The number of rotatable bonds is 6. The molecule has 0 atom stereocenters. The van der Waals surface area contributed by atoms with E-state index in [4.69, 9.17) is 0 Å². The molecule has 30 heavy (non-hydrogen) atoms. The second-order valence-electron chi connectivity index (χ2n) is 6.41. The third-order valence-electron chi connectivity index (χ3n) is 4.05. The third kappa shape index (κ3) is 5.63. The first kappa shape index (κ1) is 21.0. The van der Waals surface area contributed by atoms with Gasteiger partial charge in [-0.05, 0) is 35.9 Å². The van der Waals surface area contributed by atoms with Gasteiger partial charge < -0.3 is 5.32 Å². The third-order valence-corrected chi connectivity index (χ3v) is 4.05. The number of carbonyl (C=O) groups excluding carboxylic acids is 2. The Morgan fingerprint density at radius 1 is 1.10 bits per heavy atom. The van der Waals surface area contributed by atoms with Crippen molar-refractivity contribution in [3.63, 3.8) is 0 Å². The van der Waals surface area contributed by atoms with Gasteiger partial charge in [-0.1, -0.05) is 18.2 Å². The van der Waals surface area contributed by atoms with Gasteiger partial charge in [-0.2, -0.15) is 18.3 Å². The van der Waals surface area contributed by atoms with E-state index in [0.717, 1.165) is 12.1 Å². The van der Waals surface area contributed by atoms with Crippen LogP contribution in [0.4, 0.5) is 19.0 Å². The Labute approximate surface area is 170 Å². The van der Waals surface area contributed by atoms with E-state index >= 15 is 0 Å². The first-order valence-corrected chi connectivity index (χ1v) is 8.87. The molecule has 3 aromatic rings. The lowest BCUT2D eigenvalue weighted by Gasteiger charge is -2.05. The van der Waals surface area contributed by atoms with Crippen molar-refractivity contribution in [2.24, 2.45) is 0 Å². The Morgan fingerprint density at radius 2 is 1.83 bits per heavy atom. The lowest BCUT2D eigenvalue weighted by molar-refractivity contribution is -0.137. The van der Waals surface area contributed by atoms with Gasteiger partial charge in [0.15, 0.2) is 11.6 Å². The zero-order chi connectivity index (χ0) is 21.7. The van der Waals surface area contributed by atoms with Gasteiger partial charge in [0.05, 0.1) is 17.8 Å². The maximum absolute atomic E-state index is 12.6. The predicted molar refractivity (Wildman–Crippen MR) is 105 cm³/mol. The molecule has 6 nitrogen and oxygen atoms in total. The Morgan fingerprint density at radius 3 is 2.50 bits per heavy atom. The van der Waals surface area contributed by atoms with Crippen LogP contribution in [-0.4, -0.2) is 26.5 Å². The summed E-state index contributed by atoms with van der Waals surface area (Å²) in [5.74, 6) is -0.304. The molecule has 1 amide bonds. The fraction of sp³-hybridized carbons (Fsp3) is 0.143. The van der Waals surface area contributed by atoms with Gasteiger partial charge in [0.25, 0.3) is 0 Å². The van der Waals surface area contributed by atoms with E-state index in [1.54, 1.807) is 35.1 Å². The van der Waals surface area contributed by atoms with Crippen LogP contribution in [0, 0.1) is 0 Å². The Balaban J connectivity index is 1.59. The molecule has 0 aliphatic heterocycles. The molecule has 2 heterocycles. The number of ketones is 1. The molecule has 1 N–H and O–H groups in total. The molecule has 0 spiro atoms. The molecule has 0 bridgehead atoms. The van der Waals surface area contributed by atoms with Crippen LogP contribution in [0.3, 0.4) is 0 Å². The van der Waals surface area contributed by atoms with Gasteiger partial charge in [-0.3, -0.25) is 14.3 Å². The van der Waals surface area contributed by atoms with Gasteiger partial charge in [0, 0.05) is 25.3 Å². The first-order valence-electron chi connectivity index (χ1n) is 8.87. The van der Waals surface area contributed by atoms with Crippen molar-refractivity contribution in [1.82, 2.24) is 14.8 Å². The fourth-order valence-corrected chi connectivity index (χ4v) is 2.57. The number of Topliss-reactive ketones (excluding diaryl/α,β-unsaturated/α-hetero) is 1. The van der Waals surface area contributed by atoms with Crippen molar-refractivity contribution in [3.05, 3.63) is 83.3 Å². The molecule has 0 fully saturated rings. The normalized spacial score (nSPS) is 11.6. The highest BCUT2D eigenvalue weighted by Gasteiger charge is 2.29. The summed E-state index contributed by atoms with van der Waals surface area (Å²) in [5.41, 5.74) is 0.713. The van der Waals surface area contributed by atoms with Crippen LogP contribution in [0.2, 0.25) is 0 Å². The number of nitrogens with zero attached hydrogens (tertiary/aromatic N) is 3. The molecular weight excluding hydrogens is 397 g/mol. The lowest BCUT2D eigenvalue weighted by atomic mass is 10.1. The summed E-state index contributed by atoms with van der Waals surface area (Å²) in [6, 6.07) is 11.2. The molecule has 2 aromatic heterocycles. The number of hydrogen-bond donors (Lipinski definition) is 1. The van der Waals surface area contributed by atoms with Crippen LogP contribution in [0.5, 0.6) is 0 Å². The number of aromatic nitrogens is 3. The SMILES string of the molecule is CC(=O)c1cccc(Cn2ccc(NC(=O)/C=C\c3ccc(C(F)(F)F)cc3)n2)n1. The monoisotopic (exact) mass is 414 g/mol. The standard InChI is InChI=1S/C21H17F3N4O2/c1-14(29)18-4-2-3-17(25-18)13-28-12-11-19(27-28)26-20(30)10-7-15-5-8-16(9-6-15)21(22,23)24/h2-12H,13H2,1H3,(H,26,27,30)/b10-7-. The molecule has 0 aliphatic carbocycles.